The van der Waals surface area contributed by atoms with E-state index in [1.54, 1.807) is 12.1 Å². The molecule has 0 spiro atoms. The molecule has 10 aromatic carbocycles. The van der Waals surface area contributed by atoms with Crippen molar-refractivity contribution >= 4 is 78.5 Å². The van der Waals surface area contributed by atoms with E-state index in [0.717, 1.165) is 54.4 Å². The molecule has 0 bridgehead atoms. The van der Waals surface area contributed by atoms with E-state index in [0.29, 0.717) is 33.4 Å². The predicted molar refractivity (Wildman–Crippen MR) is 312 cm³/mol. The highest BCUT2D eigenvalue weighted by molar-refractivity contribution is 6.99. The second-order valence-corrected chi connectivity index (χ2v) is 21.1. The Bertz CT molecular complexity index is 3680. The van der Waals surface area contributed by atoms with Gasteiger partial charge in [0, 0.05) is 11.1 Å². The third-order valence-corrected chi connectivity index (χ3v) is 15.8. The number of nitriles is 4. The number of hydrogen-bond donors (Lipinski definition) is 0. The van der Waals surface area contributed by atoms with Gasteiger partial charge in [0.2, 0.25) is 13.4 Å². The van der Waals surface area contributed by atoms with Crippen LogP contribution in [0.5, 0.6) is 0 Å². The maximum absolute atomic E-state index is 11.0. The molecular formula is C68H56B2N4. The van der Waals surface area contributed by atoms with Gasteiger partial charge in [0.1, 0.15) is 0 Å². The second-order valence-electron chi connectivity index (χ2n) is 21.1. The average Bonchev–Trinajstić information content (AvgIpc) is 3.38. The van der Waals surface area contributed by atoms with Gasteiger partial charge in [-0.05, 0) is 151 Å². The van der Waals surface area contributed by atoms with Gasteiger partial charge in [-0.3, -0.25) is 0 Å². The monoisotopic (exact) mass is 950 g/mol. The van der Waals surface area contributed by atoms with Crippen molar-refractivity contribution < 1.29 is 0 Å². The molecule has 10 rings (SSSR count). The maximum Gasteiger partial charge on any atom is 0.243 e. The normalized spacial score (nSPS) is 11.2. The summed E-state index contributed by atoms with van der Waals surface area (Å²) in [5, 5.41) is 49.8. The number of benzene rings is 10. The molecule has 0 atom stereocenters. The molecule has 74 heavy (non-hydrogen) atoms. The summed E-state index contributed by atoms with van der Waals surface area (Å²) in [7, 11) is 0. The zero-order valence-corrected chi connectivity index (χ0v) is 44.5. The molecule has 0 fully saturated rings. The Morgan fingerprint density at radius 1 is 0.297 bits per heavy atom. The lowest BCUT2D eigenvalue weighted by molar-refractivity contribution is 1.34. The summed E-state index contributed by atoms with van der Waals surface area (Å²) >= 11 is 0. The highest BCUT2D eigenvalue weighted by Gasteiger charge is 2.35. The van der Waals surface area contributed by atoms with Gasteiger partial charge < -0.3 is 0 Å². The van der Waals surface area contributed by atoms with Crippen LogP contribution in [0.3, 0.4) is 0 Å². The maximum atomic E-state index is 11.0. The lowest BCUT2D eigenvalue weighted by atomic mass is 9.33. The van der Waals surface area contributed by atoms with E-state index in [9.17, 15) is 21.0 Å². The van der Waals surface area contributed by atoms with Crippen molar-refractivity contribution in [1.82, 2.24) is 0 Å². The molecule has 6 heteroatoms. The molecule has 354 valence electrons. The van der Waals surface area contributed by atoms with Gasteiger partial charge in [0.25, 0.3) is 0 Å². The summed E-state index contributed by atoms with van der Waals surface area (Å²) in [6.45, 7) is 25.9. The van der Waals surface area contributed by atoms with E-state index in [1.165, 1.54) is 88.6 Å². The summed E-state index contributed by atoms with van der Waals surface area (Å²) in [5.41, 5.74) is 25.8. The number of hydrogen-bond acceptors (Lipinski definition) is 4. The molecule has 0 saturated carbocycles. The first-order valence-electron chi connectivity index (χ1n) is 25.5. The molecule has 10 aromatic rings. The highest BCUT2D eigenvalue weighted by Crippen LogP contribution is 2.44. The second kappa shape index (κ2) is 18.7. The molecule has 0 unspecified atom stereocenters. The molecular weight excluding hydrogens is 894 g/mol. The van der Waals surface area contributed by atoms with Crippen molar-refractivity contribution in [2.24, 2.45) is 0 Å². The van der Waals surface area contributed by atoms with Crippen LogP contribution in [0.4, 0.5) is 0 Å². The smallest absolute Gasteiger partial charge is 0.192 e. The molecule has 0 aliphatic rings. The van der Waals surface area contributed by atoms with Crippen LogP contribution in [-0.2, 0) is 0 Å². The first-order chi connectivity index (χ1) is 35.5. The minimum Gasteiger partial charge on any atom is -0.192 e. The van der Waals surface area contributed by atoms with E-state index in [2.05, 4.69) is 192 Å². The third kappa shape index (κ3) is 7.82. The SMILES string of the molecule is Cc1cc(C)c(B(c2c(C)cc(C)cc2C)c2cc(-c3c(C#N)cccc3C#N)c3ccc4c(B(c5c(C)cc(C)cc5C)c5c(C)cc(C)cc5C)cc(-c5c(C#N)cccc5C#N)c5ccc2c3c45)c(C)c1. The lowest BCUT2D eigenvalue weighted by Gasteiger charge is -2.29. The zero-order chi connectivity index (χ0) is 52.6. The Labute approximate surface area is 437 Å². The van der Waals surface area contributed by atoms with Gasteiger partial charge in [-0.1, -0.05) is 197 Å². The fourth-order valence-corrected chi connectivity index (χ4v) is 13.5. The van der Waals surface area contributed by atoms with E-state index >= 15 is 0 Å². The predicted octanol–water partition coefficient (Wildman–Crippen LogP) is 12.1. The Morgan fingerprint density at radius 2 is 0.527 bits per heavy atom. The first-order valence-corrected chi connectivity index (χ1v) is 25.5. The summed E-state index contributed by atoms with van der Waals surface area (Å²) in [6, 6.07) is 52.6. The Morgan fingerprint density at radius 3 is 0.757 bits per heavy atom. The molecule has 0 saturated heterocycles. The Kier molecular flexibility index (Phi) is 12.4. The number of rotatable bonds is 8. The van der Waals surface area contributed by atoms with E-state index in [1.807, 2.05) is 24.3 Å². The fourth-order valence-electron chi connectivity index (χ4n) is 13.5. The molecule has 0 heterocycles. The molecule has 0 aromatic heterocycles. The van der Waals surface area contributed by atoms with Crippen molar-refractivity contribution in [1.29, 1.82) is 21.0 Å². The van der Waals surface area contributed by atoms with Crippen molar-refractivity contribution in [2.75, 3.05) is 0 Å². The molecule has 4 nitrogen and oxygen atoms in total. The average molecular weight is 951 g/mol. The van der Waals surface area contributed by atoms with Crippen molar-refractivity contribution in [3.05, 3.63) is 210 Å². The molecule has 0 N–H and O–H groups in total. The lowest BCUT2D eigenvalue weighted by Crippen LogP contribution is -2.56. The molecule has 0 amide bonds. The molecule has 0 aliphatic carbocycles. The van der Waals surface area contributed by atoms with E-state index in [4.69, 9.17) is 0 Å². The van der Waals surface area contributed by atoms with Crippen LogP contribution in [0.25, 0.3) is 54.6 Å². The van der Waals surface area contributed by atoms with Crippen LogP contribution >= 0.6 is 0 Å². The van der Waals surface area contributed by atoms with Crippen LogP contribution in [0, 0.1) is 128 Å². The van der Waals surface area contributed by atoms with Crippen LogP contribution in [0.2, 0.25) is 0 Å². The van der Waals surface area contributed by atoms with Crippen molar-refractivity contribution in [3.63, 3.8) is 0 Å². The molecule has 0 aliphatic heterocycles. The topological polar surface area (TPSA) is 95.2 Å². The molecule has 0 radical (unpaired) electrons. The minimum absolute atomic E-state index is 0.258. The van der Waals surface area contributed by atoms with Crippen LogP contribution in [-0.4, -0.2) is 13.4 Å². The van der Waals surface area contributed by atoms with Crippen LogP contribution in [0.15, 0.2) is 121 Å². The summed E-state index contributed by atoms with van der Waals surface area (Å²) in [5.74, 6) is 0. The fraction of sp³-hybridized carbons (Fsp3) is 0.176. The van der Waals surface area contributed by atoms with Gasteiger partial charge >= 0.3 is 0 Å². The van der Waals surface area contributed by atoms with Gasteiger partial charge in [0.15, 0.2) is 0 Å². The van der Waals surface area contributed by atoms with Crippen molar-refractivity contribution in [3.8, 4) is 46.5 Å². The summed E-state index contributed by atoms with van der Waals surface area (Å²) < 4.78 is 0. The first kappa shape index (κ1) is 48.9. The Balaban J connectivity index is 1.52. The summed E-state index contributed by atoms with van der Waals surface area (Å²) in [6.07, 6.45) is 0. The summed E-state index contributed by atoms with van der Waals surface area (Å²) in [4.78, 5) is 0. The van der Waals surface area contributed by atoms with Gasteiger partial charge in [-0.2, -0.15) is 21.0 Å². The quantitative estimate of drug-likeness (QED) is 0.112. The van der Waals surface area contributed by atoms with Gasteiger partial charge in [0.05, 0.1) is 46.5 Å². The number of nitrogens with zero attached hydrogens (tertiary/aromatic N) is 4. The largest absolute Gasteiger partial charge is 0.243 e. The van der Waals surface area contributed by atoms with Crippen molar-refractivity contribution in [2.45, 2.75) is 83.1 Å². The highest BCUT2D eigenvalue weighted by atomic mass is 14.3. The van der Waals surface area contributed by atoms with Gasteiger partial charge in [-0.15, -0.1) is 0 Å². The van der Waals surface area contributed by atoms with E-state index < -0.39 is 0 Å². The number of aryl methyl sites for hydroxylation is 12. The zero-order valence-electron chi connectivity index (χ0n) is 44.5. The standard InChI is InChI=1S/C68H56B2N4/c1-37-23-41(5)65(42(6)24-37)69(66-43(7)25-38(2)26-44(66)8)59-31-57(61-49(33-71)15-13-16-50(61)34-72)53-20-22-56-60(70(67-45(9)27-39(3)28-46(67)10)68-47(11)29-40(4)30-48(68)12)32-58(54-19-21-55(59)63(53)64(54)56)62-51(35-73)17-14-18-52(62)36-74/h13-32H,1-12H3. The Hall–Kier alpha value is -8.67. The minimum atomic E-state index is -0.258. The third-order valence-electron chi connectivity index (χ3n) is 15.8. The van der Waals surface area contributed by atoms with Crippen LogP contribution in [0.1, 0.15) is 89.0 Å². The van der Waals surface area contributed by atoms with Crippen LogP contribution < -0.4 is 32.8 Å². The van der Waals surface area contributed by atoms with Gasteiger partial charge in [-0.25, -0.2) is 0 Å². The van der Waals surface area contributed by atoms with E-state index in [-0.39, 0.29) is 13.4 Å².